The lowest BCUT2D eigenvalue weighted by Crippen LogP contribution is -2.24. The number of nitrogens with zero attached hydrogens (tertiary/aromatic N) is 3. The van der Waals surface area contributed by atoms with Gasteiger partial charge in [0.1, 0.15) is 0 Å². The van der Waals surface area contributed by atoms with Crippen LogP contribution < -0.4 is 5.32 Å². The van der Waals surface area contributed by atoms with Crippen molar-refractivity contribution >= 4 is 5.91 Å². The van der Waals surface area contributed by atoms with Crippen LogP contribution in [0.1, 0.15) is 52.2 Å². The topological polar surface area (TPSA) is 106 Å². The van der Waals surface area contributed by atoms with E-state index < -0.39 is 0 Å². The van der Waals surface area contributed by atoms with Gasteiger partial charge in [-0.25, -0.2) is 0 Å². The fourth-order valence-corrected chi connectivity index (χ4v) is 2.59. The van der Waals surface area contributed by atoms with E-state index >= 15 is 0 Å². The zero-order valence-electron chi connectivity index (χ0n) is 12.7. The lowest BCUT2D eigenvalue weighted by atomic mass is 10.00. The predicted molar refractivity (Wildman–Crippen MR) is 76.3 cm³/mol. The van der Waals surface area contributed by atoms with Crippen LogP contribution in [-0.2, 0) is 11.3 Å². The molecule has 2 aromatic rings. The highest BCUT2D eigenvalue weighted by atomic mass is 16.5. The summed E-state index contributed by atoms with van der Waals surface area (Å²) < 4.78 is 10.5. The number of hydrogen-bond donors (Lipinski definition) is 2. The number of hydrogen-bond acceptors (Lipinski definition) is 6. The third-order valence-corrected chi connectivity index (χ3v) is 3.83. The maximum absolute atomic E-state index is 12.2. The molecular formula is C14H19N5O3. The Hall–Kier alpha value is -2.22. The first-order chi connectivity index (χ1) is 10.6. The maximum Gasteiger partial charge on any atom is 0.255 e. The number of carbonyl (C=O) groups is 1. The smallest absolute Gasteiger partial charge is 0.255 e. The highest BCUT2D eigenvalue weighted by Gasteiger charge is 2.22. The van der Waals surface area contributed by atoms with Crippen molar-refractivity contribution in [1.29, 1.82) is 0 Å². The second-order valence-corrected chi connectivity index (χ2v) is 5.42. The number of H-pyrrole nitrogens is 1. The molecule has 3 rings (SSSR count). The fraction of sp³-hybridized carbons (Fsp3) is 0.571. The molecule has 1 amide bonds. The first-order valence-electron chi connectivity index (χ1n) is 7.35. The monoisotopic (exact) mass is 305 g/mol. The third-order valence-electron chi connectivity index (χ3n) is 3.83. The Kier molecular flexibility index (Phi) is 4.19. The number of aromatic nitrogens is 4. The van der Waals surface area contributed by atoms with Crippen LogP contribution in [0.25, 0.3) is 0 Å². The van der Waals surface area contributed by atoms with E-state index in [1.165, 1.54) is 0 Å². The first-order valence-corrected chi connectivity index (χ1v) is 7.35. The second-order valence-electron chi connectivity index (χ2n) is 5.42. The molecule has 22 heavy (non-hydrogen) atoms. The molecule has 8 heteroatoms. The fourth-order valence-electron chi connectivity index (χ4n) is 2.59. The molecule has 0 aliphatic carbocycles. The van der Waals surface area contributed by atoms with Crippen molar-refractivity contribution in [2.45, 2.75) is 39.2 Å². The molecule has 0 unspecified atom stereocenters. The van der Waals surface area contributed by atoms with E-state index in [4.69, 9.17) is 9.26 Å². The van der Waals surface area contributed by atoms with Crippen molar-refractivity contribution in [3.05, 3.63) is 28.7 Å². The minimum absolute atomic E-state index is 0.199. The summed E-state index contributed by atoms with van der Waals surface area (Å²) in [7, 11) is 0. The van der Waals surface area contributed by atoms with E-state index in [1.807, 2.05) is 6.92 Å². The normalized spacial score (nSPS) is 15.9. The van der Waals surface area contributed by atoms with Crippen LogP contribution in [0.3, 0.4) is 0 Å². The Bertz CT molecular complexity index is 638. The predicted octanol–water partition coefficient (Wildman–Crippen LogP) is 1.23. The van der Waals surface area contributed by atoms with Gasteiger partial charge in [0.15, 0.2) is 5.82 Å². The number of ether oxygens (including phenoxy) is 1. The standard InChI is InChI=1S/C14H19N5O3/c1-8-12(9(2)18-17-8)14(20)15-7-11-16-13(19-22-11)10-3-5-21-6-4-10/h10H,3-7H2,1-2H3,(H,15,20)(H,17,18). The number of amides is 1. The van der Waals surface area contributed by atoms with E-state index in [9.17, 15) is 4.79 Å². The van der Waals surface area contributed by atoms with Crippen molar-refractivity contribution in [2.75, 3.05) is 13.2 Å². The van der Waals surface area contributed by atoms with Crippen LogP contribution in [0.15, 0.2) is 4.52 Å². The van der Waals surface area contributed by atoms with Crippen molar-refractivity contribution in [3.8, 4) is 0 Å². The average Bonchev–Trinajstić information content (AvgIpc) is 3.13. The van der Waals surface area contributed by atoms with Crippen LogP contribution in [0.5, 0.6) is 0 Å². The molecule has 118 valence electrons. The summed E-state index contributed by atoms with van der Waals surface area (Å²) >= 11 is 0. The van der Waals surface area contributed by atoms with Gasteiger partial charge in [-0.15, -0.1) is 0 Å². The van der Waals surface area contributed by atoms with Gasteiger partial charge >= 0.3 is 0 Å². The van der Waals surface area contributed by atoms with Gasteiger partial charge in [0.05, 0.1) is 17.8 Å². The van der Waals surface area contributed by atoms with E-state index in [2.05, 4.69) is 25.7 Å². The summed E-state index contributed by atoms with van der Waals surface area (Å²) in [5.41, 5.74) is 1.97. The molecule has 0 radical (unpaired) electrons. The van der Waals surface area contributed by atoms with Crippen molar-refractivity contribution in [1.82, 2.24) is 25.7 Å². The van der Waals surface area contributed by atoms with Crippen molar-refractivity contribution < 1.29 is 14.1 Å². The average molecular weight is 305 g/mol. The number of aryl methyl sites for hydroxylation is 2. The number of nitrogens with one attached hydrogen (secondary N) is 2. The Labute approximate surface area is 127 Å². The zero-order valence-corrected chi connectivity index (χ0v) is 12.7. The van der Waals surface area contributed by atoms with Crippen LogP contribution in [0.4, 0.5) is 0 Å². The maximum atomic E-state index is 12.2. The molecule has 0 spiro atoms. The molecule has 0 aromatic carbocycles. The molecule has 0 atom stereocenters. The first kappa shape index (κ1) is 14.7. The minimum atomic E-state index is -0.199. The van der Waals surface area contributed by atoms with Crippen molar-refractivity contribution in [2.24, 2.45) is 0 Å². The molecule has 1 fully saturated rings. The van der Waals surface area contributed by atoms with Crippen LogP contribution in [0, 0.1) is 13.8 Å². The van der Waals surface area contributed by atoms with Gasteiger partial charge in [-0.1, -0.05) is 5.16 Å². The Morgan fingerprint density at radius 2 is 2.14 bits per heavy atom. The lowest BCUT2D eigenvalue weighted by molar-refractivity contribution is 0.0830. The van der Waals surface area contributed by atoms with Gasteiger partial charge in [0.2, 0.25) is 5.89 Å². The van der Waals surface area contributed by atoms with Crippen LogP contribution in [0.2, 0.25) is 0 Å². The number of carbonyl (C=O) groups excluding carboxylic acids is 1. The molecule has 1 aliphatic heterocycles. The zero-order chi connectivity index (χ0) is 15.5. The second kappa shape index (κ2) is 6.27. The molecule has 0 bridgehead atoms. The molecule has 8 nitrogen and oxygen atoms in total. The van der Waals surface area contributed by atoms with E-state index in [0.29, 0.717) is 23.0 Å². The van der Waals surface area contributed by atoms with E-state index in [1.54, 1.807) is 6.92 Å². The SMILES string of the molecule is Cc1n[nH]c(C)c1C(=O)NCc1nc(C2CCOCC2)no1. The van der Waals surface area contributed by atoms with Crippen LogP contribution in [-0.4, -0.2) is 39.5 Å². The lowest BCUT2D eigenvalue weighted by Gasteiger charge is -2.18. The Morgan fingerprint density at radius 3 is 2.82 bits per heavy atom. The third kappa shape index (κ3) is 3.01. The van der Waals surface area contributed by atoms with Gasteiger partial charge in [0, 0.05) is 24.8 Å². The Morgan fingerprint density at radius 1 is 1.36 bits per heavy atom. The molecule has 2 aromatic heterocycles. The highest BCUT2D eigenvalue weighted by molar-refractivity contribution is 5.96. The summed E-state index contributed by atoms with van der Waals surface area (Å²) in [6, 6.07) is 0. The largest absolute Gasteiger partial charge is 0.381 e. The highest BCUT2D eigenvalue weighted by Crippen LogP contribution is 2.24. The van der Waals surface area contributed by atoms with Gasteiger partial charge in [-0.2, -0.15) is 10.1 Å². The minimum Gasteiger partial charge on any atom is -0.381 e. The summed E-state index contributed by atoms with van der Waals surface area (Å²) in [6.07, 6.45) is 1.80. The summed E-state index contributed by atoms with van der Waals surface area (Å²) in [4.78, 5) is 16.5. The van der Waals surface area contributed by atoms with Crippen molar-refractivity contribution in [3.63, 3.8) is 0 Å². The number of rotatable bonds is 4. The summed E-state index contributed by atoms with van der Waals surface area (Å²) in [5.74, 6) is 1.19. The summed E-state index contributed by atoms with van der Waals surface area (Å²) in [5, 5.41) is 13.6. The molecule has 2 N–H and O–H groups in total. The molecule has 1 aliphatic rings. The van der Waals surface area contributed by atoms with Gasteiger partial charge in [0.25, 0.3) is 5.91 Å². The molecule has 3 heterocycles. The van der Waals surface area contributed by atoms with Gasteiger partial charge in [-0.05, 0) is 26.7 Å². The summed E-state index contributed by atoms with van der Waals surface area (Å²) in [6.45, 7) is 5.26. The quantitative estimate of drug-likeness (QED) is 0.880. The molecular weight excluding hydrogens is 286 g/mol. The Balaban J connectivity index is 1.60. The number of aromatic amines is 1. The van der Waals surface area contributed by atoms with Gasteiger partial charge < -0.3 is 14.6 Å². The van der Waals surface area contributed by atoms with Crippen LogP contribution >= 0.6 is 0 Å². The van der Waals surface area contributed by atoms with E-state index in [-0.39, 0.29) is 18.4 Å². The van der Waals surface area contributed by atoms with E-state index in [0.717, 1.165) is 31.7 Å². The molecule has 0 saturated carbocycles. The molecule has 1 saturated heterocycles. The van der Waals surface area contributed by atoms with Gasteiger partial charge in [-0.3, -0.25) is 9.89 Å².